The zero-order chi connectivity index (χ0) is 15.1. The highest BCUT2D eigenvalue weighted by Crippen LogP contribution is 2.32. The van der Waals surface area contributed by atoms with Crippen LogP contribution in [0.25, 0.3) is 0 Å². The standard InChI is InChI=1S/C18H29NO2/c1-14(2)13-21-11-5-10-19-18-7-4-6-15-12-16(20-3)8-9-17(15)18/h8-9,12,14,18-19H,4-7,10-11,13H2,1-3H3. The molecule has 0 saturated carbocycles. The minimum Gasteiger partial charge on any atom is -0.497 e. The summed E-state index contributed by atoms with van der Waals surface area (Å²) in [7, 11) is 1.73. The van der Waals surface area contributed by atoms with Gasteiger partial charge in [0.1, 0.15) is 5.75 Å². The number of fused-ring (bicyclic) bond motifs is 1. The molecule has 3 nitrogen and oxygen atoms in total. The lowest BCUT2D eigenvalue weighted by Gasteiger charge is -2.27. The van der Waals surface area contributed by atoms with Crippen molar-refractivity contribution in [2.75, 3.05) is 26.9 Å². The normalized spacial score (nSPS) is 17.8. The van der Waals surface area contributed by atoms with Crippen molar-refractivity contribution in [3.8, 4) is 5.75 Å². The molecule has 0 aliphatic heterocycles. The minimum atomic E-state index is 0.491. The number of rotatable bonds is 8. The third-order valence-corrected chi connectivity index (χ3v) is 3.97. The average molecular weight is 291 g/mol. The second kappa shape index (κ2) is 8.40. The molecule has 0 heterocycles. The van der Waals surface area contributed by atoms with Crippen molar-refractivity contribution in [3.63, 3.8) is 0 Å². The highest BCUT2D eigenvalue weighted by atomic mass is 16.5. The SMILES string of the molecule is COc1ccc2c(c1)CCCC2NCCCOCC(C)C. The third kappa shape index (κ3) is 5.01. The molecule has 0 saturated heterocycles. The third-order valence-electron chi connectivity index (χ3n) is 3.97. The Labute approximate surface area is 129 Å². The van der Waals surface area contributed by atoms with Crippen LogP contribution in [0.2, 0.25) is 0 Å². The Morgan fingerprint density at radius 1 is 1.33 bits per heavy atom. The van der Waals surface area contributed by atoms with E-state index in [-0.39, 0.29) is 0 Å². The number of ether oxygens (including phenoxy) is 2. The average Bonchev–Trinajstić information content (AvgIpc) is 2.49. The highest BCUT2D eigenvalue weighted by molar-refractivity contribution is 5.39. The first-order valence-corrected chi connectivity index (χ1v) is 8.18. The van der Waals surface area contributed by atoms with Crippen molar-refractivity contribution in [2.24, 2.45) is 5.92 Å². The molecular weight excluding hydrogens is 262 g/mol. The van der Waals surface area contributed by atoms with Crippen molar-refractivity contribution in [1.29, 1.82) is 0 Å². The van der Waals surface area contributed by atoms with Gasteiger partial charge in [0.25, 0.3) is 0 Å². The van der Waals surface area contributed by atoms with E-state index >= 15 is 0 Å². The Balaban J connectivity index is 1.78. The molecule has 0 aromatic heterocycles. The van der Waals surface area contributed by atoms with Crippen molar-refractivity contribution in [1.82, 2.24) is 5.32 Å². The number of benzene rings is 1. The first kappa shape index (κ1) is 16.3. The minimum absolute atomic E-state index is 0.491. The fraction of sp³-hybridized carbons (Fsp3) is 0.667. The molecule has 1 unspecified atom stereocenters. The van der Waals surface area contributed by atoms with Gasteiger partial charge in [0, 0.05) is 19.3 Å². The van der Waals surface area contributed by atoms with Gasteiger partial charge in [-0.25, -0.2) is 0 Å². The molecule has 1 atom stereocenters. The molecule has 1 N–H and O–H groups in total. The fourth-order valence-electron chi connectivity index (χ4n) is 2.90. The van der Waals surface area contributed by atoms with E-state index in [4.69, 9.17) is 9.47 Å². The van der Waals surface area contributed by atoms with Gasteiger partial charge in [0.05, 0.1) is 7.11 Å². The van der Waals surface area contributed by atoms with E-state index in [9.17, 15) is 0 Å². The van der Waals surface area contributed by atoms with Crippen LogP contribution in [0.5, 0.6) is 5.75 Å². The topological polar surface area (TPSA) is 30.5 Å². The fourth-order valence-corrected chi connectivity index (χ4v) is 2.90. The van der Waals surface area contributed by atoms with E-state index in [0.29, 0.717) is 12.0 Å². The summed E-state index contributed by atoms with van der Waals surface area (Å²) in [5.41, 5.74) is 2.89. The molecule has 1 aliphatic rings. The van der Waals surface area contributed by atoms with Crippen molar-refractivity contribution in [2.45, 2.75) is 45.6 Å². The maximum Gasteiger partial charge on any atom is 0.119 e. The van der Waals surface area contributed by atoms with Crippen LogP contribution in [-0.4, -0.2) is 26.9 Å². The molecule has 0 spiro atoms. The largest absolute Gasteiger partial charge is 0.497 e. The van der Waals surface area contributed by atoms with E-state index in [1.54, 1.807) is 7.11 Å². The Morgan fingerprint density at radius 2 is 2.19 bits per heavy atom. The molecular formula is C18H29NO2. The van der Waals surface area contributed by atoms with E-state index in [0.717, 1.165) is 31.9 Å². The number of nitrogens with one attached hydrogen (secondary N) is 1. The number of hydrogen-bond donors (Lipinski definition) is 1. The van der Waals surface area contributed by atoms with Gasteiger partial charge >= 0.3 is 0 Å². The van der Waals surface area contributed by atoms with Crippen molar-refractivity contribution < 1.29 is 9.47 Å². The quantitative estimate of drug-likeness (QED) is 0.740. The van der Waals surface area contributed by atoms with E-state index in [1.807, 2.05) is 0 Å². The van der Waals surface area contributed by atoms with Crippen LogP contribution in [0.1, 0.15) is 50.3 Å². The molecule has 0 bridgehead atoms. The van der Waals surface area contributed by atoms with Gasteiger partial charge in [-0.3, -0.25) is 0 Å². The van der Waals surface area contributed by atoms with Crippen LogP contribution in [0.15, 0.2) is 18.2 Å². The van der Waals surface area contributed by atoms with Crippen LogP contribution >= 0.6 is 0 Å². The van der Waals surface area contributed by atoms with Gasteiger partial charge in [0.2, 0.25) is 0 Å². The van der Waals surface area contributed by atoms with Gasteiger partial charge in [-0.1, -0.05) is 19.9 Å². The summed E-state index contributed by atoms with van der Waals surface area (Å²) < 4.78 is 11.0. The molecule has 0 fully saturated rings. The lowest BCUT2D eigenvalue weighted by atomic mass is 9.87. The number of methoxy groups -OCH3 is 1. The maximum atomic E-state index is 5.63. The monoisotopic (exact) mass is 291 g/mol. The molecule has 3 heteroatoms. The summed E-state index contributed by atoms with van der Waals surface area (Å²) in [5, 5.41) is 3.68. The summed E-state index contributed by atoms with van der Waals surface area (Å²) in [5.74, 6) is 1.59. The lowest BCUT2D eigenvalue weighted by molar-refractivity contribution is 0.107. The molecule has 21 heavy (non-hydrogen) atoms. The molecule has 1 aromatic carbocycles. The maximum absolute atomic E-state index is 5.63. The second-order valence-corrected chi connectivity index (χ2v) is 6.29. The van der Waals surface area contributed by atoms with Crippen LogP contribution in [0, 0.1) is 5.92 Å². The number of hydrogen-bond acceptors (Lipinski definition) is 3. The van der Waals surface area contributed by atoms with Crippen LogP contribution in [0.3, 0.4) is 0 Å². The lowest BCUT2D eigenvalue weighted by Crippen LogP contribution is -2.26. The first-order chi connectivity index (χ1) is 10.2. The summed E-state index contributed by atoms with van der Waals surface area (Å²) in [6, 6.07) is 6.98. The van der Waals surface area contributed by atoms with Gasteiger partial charge in [0.15, 0.2) is 0 Å². The smallest absolute Gasteiger partial charge is 0.119 e. The number of aryl methyl sites for hydroxylation is 1. The molecule has 1 aliphatic carbocycles. The zero-order valence-corrected chi connectivity index (χ0v) is 13.7. The molecule has 0 radical (unpaired) electrons. The Kier molecular flexibility index (Phi) is 6.52. The molecule has 2 rings (SSSR count). The second-order valence-electron chi connectivity index (χ2n) is 6.29. The van der Waals surface area contributed by atoms with Gasteiger partial charge in [-0.05, 0) is 61.4 Å². The zero-order valence-electron chi connectivity index (χ0n) is 13.7. The van der Waals surface area contributed by atoms with Gasteiger partial charge in [-0.2, -0.15) is 0 Å². The Morgan fingerprint density at radius 3 is 2.95 bits per heavy atom. The molecule has 118 valence electrons. The summed E-state index contributed by atoms with van der Waals surface area (Å²) in [4.78, 5) is 0. The summed E-state index contributed by atoms with van der Waals surface area (Å²) >= 11 is 0. The van der Waals surface area contributed by atoms with Crippen LogP contribution in [-0.2, 0) is 11.2 Å². The van der Waals surface area contributed by atoms with Crippen molar-refractivity contribution >= 4 is 0 Å². The molecule has 0 amide bonds. The predicted molar refractivity (Wildman–Crippen MR) is 86.9 cm³/mol. The van der Waals surface area contributed by atoms with Gasteiger partial charge < -0.3 is 14.8 Å². The Hall–Kier alpha value is -1.06. The first-order valence-electron chi connectivity index (χ1n) is 8.18. The van der Waals surface area contributed by atoms with E-state index in [2.05, 4.69) is 37.4 Å². The Bertz CT molecular complexity index is 431. The molecule has 1 aromatic rings. The van der Waals surface area contributed by atoms with E-state index < -0.39 is 0 Å². The van der Waals surface area contributed by atoms with Crippen LogP contribution in [0.4, 0.5) is 0 Å². The summed E-state index contributed by atoms with van der Waals surface area (Å²) in [6.07, 6.45) is 4.73. The highest BCUT2D eigenvalue weighted by Gasteiger charge is 2.19. The van der Waals surface area contributed by atoms with Crippen molar-refractivity contribution in [3.05, 3.63) is 29.3 Å². The predicted octanol–water partition coefficient (Wildman–Crippen LogP) is 3.72. The summed E-state index contributed by atoms with van der Waals surface area (Å²) in [6.45, 7) is 7.12. The van der Waals surface area contributed by atoms with Gasteiger partial charge in [-0.15, -0.1) is 0 Å². The van der Waals surface area contributed by atoms with E-state index in [1.165, 1.54) is 30.4 Å². The van der Waals surface area contributed by atoms with Crippen LogP contribution < -0.4 is 10.1 Å².